The van der Waals surface area contributed by atoms with Gasteiger partial charge in [0.2, 0.25) is 11.0 Å². The van der Waals surface area contributed by atoms with Crippen LogP contribution in [0.4, 0.5) is 23.0 Å². The molecule has 1 heterocycles. The molecule has 0 atom stereocenters. The third-order valence-electron chi connectivity index (χ3n) is 5.40. The highest BCUT2D eigenvalue weighted by Crippen LogP contribution is 2.24. The molecule has 3 nitrogen and oxygen atoms in total. The fraction of sp³-hybridized carbons (Fsp3) is 0.192. The molecule has 0 saturated heterocycles. The summed E-state index contributed by atoms with van der Waals surface area (Å²) in [5.41, 5.74) is 6.79. The molecule has 178 valence electrons. The topological polar surface area (TPSA) is 36.3 Å². The lowest BCUT2D eigenvalue weighted by molar-refractivity contribution is -0.400. The van der Waals surface area contributed by atoms with Crippen molar-refractivity contribution in [1.82, 2.24) is 0 Å². The smallest absolute Gasteiger partial charge is 0.497 e. The molecule has 0 amide bonds. The molecule has 0 bridgehead atoms. The average molecular weight is 471 g/mol. The molecule has 0 saturated carbocycles. The SMILES string of the molecule is CCc1ccc2oc(-c3ccc(OC)cc3)cc(=[NH+]c3ccc(C)c(C)c3)c2c1.F[B-](F)(F)F. The van der Waals surface area contributed by atoms with E-state index in [4.69, 9.17) is 9.15 Å². The van der Waals surface area contributed by atoms with Crippen molar-refractivity contribution in [3.8, 4) is 17.1 Å². The van der Waals surface area contributed by atoms with Gasteiger partial charge >= 0.3 is 7.25 Å². The quantitative estimate of drug-likeness (QED) is 0.297. The van der Waals surface area contributed by atoms with Crippen LogP contribution in [0.3, 0.4) is 0 Å². The van der Waals surface area contributed by atoms with Crippen LogP contribution in [0.5, 0.6) is 5.75 Å². The van der Waals surface area contributed by atoms with Crippen molar-refractivity contribution in [2.24, 2.45) is 0 Å². The van der Waals surface area contributed by atoms with Crippen molar-refractivity contribution in [3.63, 3.8) is 0 Å². The van der Waals surface area contributed by atoms with E-state index >= 15 is 0 Å². The number of methoxy groups -OCH3 is 1. The molecule has 0 aliphatic rings. The van der Waals surface area contributed by atoms with E-state index in [1.54, 1.807) is 7.11 Å². The Morgan fingerprint density at radius 2 is 1.53 bits per heavy atom. The molecule has 0 fully saturated rings. The van der Waals surface area contributed by atoms with Gasteiger partial charge in [-0.15, -0.1) is 0 Å². The third-order valence-corrected chi connectivity index (χ3v) is 5.40. The molecule has 8 heteroatoms. The van der Waals surface area contributed by atoms with E-state index in [9.17, 15) is 17.3 Å². The van der Waals surface area contributed by atoms with Crippen molar-refractivity contribution >= 4 is 23.9 Å². The number of hydrogen-bond acceptors (Lipinski definition) is 2. The minimum atomic E-state index is -6.00. The number of benzene rings is 3. The van der Waals surface area contributed by atoms with Gasteiger partial charge in [0.05, 0.1) is 18.6 Å². The summed E-state index contributed by atoms with van der Waals surface area (Å²) in [4.78, 5) is 3.61. The molecular weight excluding hydrogens is 445 g/mol. The number of nitrogens with one attached hydrogen (secondary N) is 1. The molecule has 0 unspecified atom stereocenters. The summed E-state index contributed by atoms with van der Waals surface area (Å²) >= 11 is 0. The monoisotopic (exact) mass is 471 g/mol. The van der Waals surface area contributed by atoms with Crippen molar-refractivity contribution in [3.05, 3.63) is 88.8 Å². The predicted octanol–water partition coefficient (Wildman–Crippen LogP) is 5.90. The minimum absolute atomic E-state index is 0.815. The average Bonchev–Trinajstić information content (AvgIpc) is 2.80. The largest absolute Gasteiger partial charge is 0.673 e. The van der Waals surface area contributed by atoms with E-state index in [0.717, 1.165) is 45.5 Å². The third kappa shape index (κ3) is 6.73. The van der Waals surface area contributed by atoms with Gasteiger partial charge in [0.15, 0.2) is 0 Å². The van der Waals surface area contributed by atoms with E-state index in [0.29, 0.717) is 0 Å². The van der Waals surface area contributed by atoms with Gasteiger partial charge in [-0.1, -0.05) is 19.1 Å². The van der Waals surface area contributed by atoms with Crippen LogP contribution in [0, 0.1) is 13.8 Å². The number of ether oxygens (including phenoxy) is 1. The van der Waals surface area contributed by atoms with E-state index in [2.05, 4.69) is 68.2 Å². The number of hydrogen-bond donors (Lipinski definition) is 1. The van der Waals surface area contributed by atoms with Crippen LogP contribution in [0.25, 0.3) is 22.3 Å². The Kier molecular flexibility index (Phi) is 7.81. The van der Waals surface area contributed by atoms with Crippen molar-refractivity contribution in [2.45, 2.75) is 27.2 Å². The van der Waals surface area contributed by atoms with Gasteiger partial charge in [0.1, 0.15) is 17.1 Å². The lowest BCUT2D eigenvalue weighted by Gasteiger charge is -2.06. The molecule has 3 aromatic carbocycles. The summed E-state index contributed by atoms with van der Waals surface area (Å²) in [6.45, 7) is 6.43. The lowest BCUT2D eigenvalue weighted by Crippen LogP contribution is -2.70. The van der Waals surface area contributed by atoms with Gasteiger partial charge in [0, 0.05) is 17.7 Å². The zero-order chi connectivity index (χ0) is 24.9. The van der Waals surface area contributed by atoms with Crippen LogP contribution in [0.2, 0.25) is 0 Å². The second-order valence-electron chi connectivity index (χ2n) is 7.86. The molecule has 4 aromatic rings. The first-order valence-electron chi connectivity index (χ1n) is 10.8. The zero-order valence-corrected chi connectivity index (χ0v) is 19.5. The van der Waals surface area contributed by atoms with E-state index in [-0.39, 0.29) is 0 Å². The first-order chi connectivity index (χ1) is 16.1. The summed E-state index contributed by atoms with van der Waals surface area (Å²) < 4.78 is 50.5. The van der Waals surface area contributed by atoms with Crippen LogP contribution in [0.15, 0.2) is 71.1 Å². The van der Waals surface area contributed by atoms with Gasteiger partial charge in [-0.2, -0.15) is 0 Å². The highest BCUT2D eigenvalue weighted by molar-refractivity contribution is 6.50. The van der Waals surface area contributed by atoms with Crippen LogP contribution < -0.4 is 15.1 Å². The lowest BCUT2D eigenvalue weighted by atomic mass is 10.1. The Morgan fingerprint density at radius 1 is 0.853 bits per heavy atom. The summed E-state index contributed by atoms with van der Waals surface area (Å²) in [5.74, 6) is 1.64. The molecule has 0 aliphatic carbocycles. The fourth-order valence-corrected chi connectivity index (χ4v) is 3.43. The van der Waals surface area contributed by atoms with E-state index in [1.165, 1.54) is 16.7 Å². The van der Waals surface area contributed by atoms with Gasteiger partial charge < -0.3 is 26.4 Å². The van der Waals surface area contributed by atoms with Crippen LogP contribution >= 0.6 is 0 Å². The summed E-state index contributed by atoms with van der Waals surface area (Å²) in [7, 11) is -4.33. The second-order valence-corrected chi connectivity index (χ2v) is 7.86. The van der Waals surface area contributed by atoms with Gasteiger partial charge in [-0.3, -0.25) is 0 Å². The highest BCUT2D eigenvalue weighted by atomic mass is 19.5. The number of fused-ring (bicyclic) bond motifs is 1. The van der Waals surface area contributed by atoms with E-state index < -0.39 is 7.25 Å². The second kappa shape index (κ2) is 10.6. The van der Waals surface area contributed by atoms with E-state index in [1.807, 2.05) is 24.3 Å². The number of halogens is 4. The molecule has 1 aromatic heterocycles. The minimum Gasteiger partial charge on any atom is -0.497 e. The Balaban J connectivity index is 0.000000588. The van der Waals surface area contributed by atoms with Crippen molar-refractivity contribution in [1.29, 1.82) is 0 Å². The highest BCUT2D eigenvalue weighted by Gasteiger charge is 2.20. The summed E-state index contributed by atoms with van der Waals surface area (Å²) in [6, 6.07) is 22.9. The Labute approximate surface area is 195 Å². The number of aryl methyl sites for hydroxylation is 3. The summed E-state index contributed by atoms with van der Waals surface area (Å²) in [5, 5.41) is 2.12. The molecular formula is C26H26BF4NO2. The molecule has 0 aliphatic heterocycles. The first-order valence-corrected chi connectivity index (χ1v) is 10.8. The van der Waals surface area contributed by atoms with Gasteiger partial charge in [-0.05, 0) is 73.4 Å². The van der Waals surface area contributed by atoms with Crippen LogP contribution in [-0.2, 0) is 6.42 Å². The van der Waals surface area contributed by atoms with Crippen molar-refractivity contribution in [2.75, 3.05) is 7.11 Å². The molecule has 0 spiro atoms. The Bertz CT molecular complexity index is 1340. The molecule has 1 N–H and O–H groups in total. The number of rotatable bonds is 4. The predicted molar refractivity (Wildman–Crippen MR) is 127 cm³/mol. The molecule has 4 rings (SSSR count). The zero-order valence-electron chi connectivity index (χ0n) is 19.5. The van der Waals surface area contributed by atoms with Crippen LogP contribution in [-0.4, -0.2) is 14.4 Å². The molecule has 0 radical (unpaired) electrons. The normalized spacial score (nSPS) is 11.8. The van der Waals surface area contributed by atoms with Gasteiger partial charge in [0.25, 0.3) is 0 Å². The van der Waals surface area contributed by atoms with Crippen LogP contribution in [0.1, 0.15) is 23.6 Å². The summed E-state index contributed by atoms with van der Waals surface area (Å²) in [6.07, 6.45) is 0.985. The standard InChI is InChI=1S/C26H25NO2.BF4/c1-5-19-7-13-25-23(15-19)24(27-21-10-6-17(2)18(3)14-21)16-26(29-25)20-8-11-22(28-4)12-9-20;2-1(3,4)5/h6-16H,5H2,1-4H3;/q;-1/p+1. The Morgan fingerprint density at radius 3 is 2.12 bits per heavy atom. The molecule has 34 heavy (non-hydrogen) atoms. The maximum atomic E-state index is 9.75. The van der Waals surface area contributed by atoms with Gasteiger partial charge in [-0.25, -0.2) is 4.99 Å². The van der Waals surface area contributed by atoms with Crippen molar-refractivity contribution < 1.29 is 31.4 Å². The maximum Gasteiger partial charge on any atom is 0.673 e. The first kappa shape index (κ1) is 25.1. The fourth-order valence-electron chi connectivity index (χ4n) is 3.43. The maximum absolute atomic E-state index is 9.75. The Hall–Kier alpha value is -3.55.